The predicted octanol–water partition coefficient (Wildman–Crippen LogP) is 2.23. The number of nitrogens with one attached hydrogen (secondary N) is 1. The van der Waals surface area contributed by atoms with Gasteiger partial charge in [-0.1, -0.05) is 23.2 Å². The Labute approximate surface area is 116 Å². The van der Waals surface area contributed by atoms with Crippen LogP contribution in [0.1, 0.15) is 13.3 Å². The highest BCUT2D eigenvalue weighted by Gasteiger charge is 2.06. The minimum absolute atomic E-state index is 0.0666. The molecular formula is C12H16Cl2N2O2. The number of carbonyl (C=O) groups is 1. The average molecular weight is 291 g/mol. The zero-order chi connectivity index (χ0) is 13.5. The van der Waals surface area contributed by atoms with Crippen molar-refractivity contribution in [1.82, 2.24) is 5.32 Å². The monoisotopic (exact) mass is 290 g/mol. The molecule has 1 rings (SSSR count). The zero-order valence-corrected chi connectivity index (χ0v) is 11.6. The molecule has 3 N–H and O–H groups in total. The molecule has 0 spiro atoms. The molecule has 1 unspecified atom stereocenters. The molecule has 0 heterocycles. The van der Waals surface area contributed by atoms with Crippen LogP contribution in [0.3, 0.4) is 0 Å². The maximum atomic E-state index is 11.4. The Hall–Kier alpha value is -0.970. The van der Waals surface area contributed by atoms with Gasteiger partial charge in [-0.3, -0.25) is 4.79 Å². The standard InChI is InChI=1S/C12H16Cl2N2O2/c1-8(15)4-5-16-12(17)7-18-11-3-2-9(13)6-10(11)14/h2-3,6,8H,4-5,7,15H2,1H3,(H,16,17). The van der Waals surface area contributed by atoms with Gasteiger partial charge in [0.2, 0.25) is 0 Å². The van der Waals surface area contributed by atoms with E-state index in [9.17, 15) is 4.79 Å². The highest BCUT2D eigenvalue weighted by atomic mass is 35.5. The summed E-state index contributed by atoms with van der Waals surface area (Å²) in [5.74, 6) is 0.227. The van der Waals surface area contributed by atoms with Crippen LogP contribution in [0.15, 0.2) is 18.2 Å². The smallest absolute Gasteiger partial charge is 0.257 e. The molecule has 18 heavy (non-hydrogen) atoms. The van der Waals surface area contributed by atoms with Crippen LogP contribution >= 0.6 is 23.2 Å². The van der Waals surface area contributed by atoms with Crippen molar-refractivity contribution < 1.29 is 9.53 Å². The van der Waals surface area contributed by atoms with Gasteiger partial charge >= 0.3 is 0 Å². The molecule has 1 aromatic carbocycles. The molecular weight excluding hydrogens is 275 g/mol. The Morgan fingerprint density at radius 3 is 2.83 bits per heavy atom. The predicted molar refractivity (Wildman–Crippen MR) is 73.2 cm³/mol. The number of amides is 1. The van der Waals surface area contributed by atoms with Gasteiger partial charge in [0.25, 0.3) is 5.91 Å². The number of hydrogen-bond acceptors (Lipinski definition) is 3. The SMILES string of the molecule is CC(N)CCNC(=O)COc1ccc(Cl)cc1Cl. The van der Waals surface area contributed by atoms with Crippen LogP contribution in [0, 0.1) is 0 Å². The largest absolute Gasteiger partial charge is 0.482 e. The molecule has 100 valence electrons. The van der Waals surface area contributed by atoms with Gasteiger partial charge in [-0.05, 0) is 31.5 Å². The van der Waals surface area contributed by atoms with Crippen LogP contribution in [0.4, 0.5) is 0 Å². The van der Waals surface area contributed by atoms with Crippen molar-refractivity contribution >= 4 is 29.1 Å². The molecule has 0 saturated carbocycles. The fourth-order valence-corrected chi connectivity index (χ4v) is 1.69. The van der Waals surface area contributed by atoms with Crippen molar-refractivity contribution in [1.29, 1.82) is 0 Å². The number of halogens is 2. The first-order valence-corrected chi connectivity index (χ1v) is 6.34. The second-order valence-corrected chi connectivity index (χ2v) is 4.82. The summed E-state index contributed by atoms with van der Waals surface area (Å²) < 4.78 is 5.28. The van der Waals surface area contributed by atoms with Crippen molar-refractivity contribution in [3.05, 3.63) is 28.2 Å². The van der Waals surface area contributed by atoms with E-state index in [4.69, 9.17) is 33.7 Å². The van der Waals surface area contributed by atoms with E-state index in [-0.39, 0.29) is 18.6 Å². The summed E-state index contributed by atoms with van der Waals surface area (Å²) in [6, 6.07) is 4.90. The molecule has 0 radical (unpaired) electrons. The Kier molecular flexibility index (Phi) is 6.25. The fourth-order valence-electron chi connectivity index (χ4n) is 1.23. The average Bonchev–Trinajstić information content (AvgIpc) is 2.27. The van der Waals surface area contributed by atoms with Crippen LogP contribution in [-0.4, -0.2) is 25.1 Å². The molecule has 0 aliphatic rings. The van der Waals surface area contributed by atoms with Crippen LogP contribution in [0.5, 0.6) is 5.75 Å². The van der Waals surface area contributed by atoms with Gasteiger partial charge in [-0.2, -0.15) is 0 Å². The third-order valence-electron chi connectivity index (χ3n) is 2.17. The lowest BCUT2D eigenvalue weighted by molar-refractivity contribution is -0.123. The third-order valence-corrected chi connectivity index (χ3v) is 2.71. The number of ether oxygens (including phenoxy) is 1. The maximum absolute atomic E-state index is 11.4. The number of hydrogen-bond donors (Lipinski definition) is 2. The van der Waals surface area contributed by atoms with Crippen molar-refractivity contribution in [2.75, 3.05) is 13.2 Å². The number of rotatable bonds is 6. The Bertz CT molecular complexity index is 411. The lowest BCUT2D eigenvalue weighted by atomic mass is 10.2. The molecule has 0 fully saturated rings. The number of benzene rings is 1. The molecule has 0 aliphatic heterocycles. The minimum Gasteiger partial charge on any atom is -0.482 e. The van der Waals surface area contributed by atoms with Crippen LogP contribution in [0.2, 0.25) is 10.0 Å². The highest BCUT2D eigenvalue weighted by molar-refractivity contribution is 6.35. The van der Waals surface area contributed by atoms with Gasteiger partial charge in [-0.25, -0.2) is 0 Å². The van der Waals surface area contributed by atoms with Gasteiger partial charge in [0.05, 0.1) is 5.02 Å². The van der Waals surface area contributed by atoms with Crippen molar-refractivity contribution in [3.63, 3.8) is 0 Å². The summed E-state index contributed by atoms with van der Waals surface area (Å²) >= 11 is 11.6. The first-order valence-electron chi connectivity index (χ1n) is 5.59. The summed E-state index contributed by atoms with van der Waals surface area (Å²) in [6.45, 7) is 2.34. The van der Waals surface area contributed by atoms with Gasteiger partial charge in [-0.15, -0.1) is 0 Å². The lowest BCUT2D eigenvalue weighted by Gasteiger charge is -2.09. The summed E-state index contributed by atoms with van der Waals surface area (Å²) in [5, 5.41) is 3.60. The highest BCUT2D eigenvalue weighted by Crippen LogP contribution is 2.27. The van der Waals surface area contributed by atoms with Crippen molar-refractivity contribution in [2.45, 2.75) is 19.4 Å². The topological polar surface area (TPSA) is 64.3 Å². The van der Waals surface area contributed by atoms with Crippen LogP contribution < -0.4 is 15.8 Å². The second kappa shape index (κ2) is 7.46. The molecule has 1 amide bonds. The molecule has 6 heteroatoms. The Morgan fingerprint density at radius 1 is 1.50 bits per heavy atom. The van der Waals surface area contributed by atoms with E-state index in [2.05, 4.69) is 5.32 Å². The molecule has 0 aliphatic carbocycles. The van der Waals surface area contributed by atoms with E-state index in [1.54, 1.807) is 18.2 Å². The Balaban J connectivity index is 2.33. The number of nitrogens with two attached hydrogens (primary N) is 1. The summed E-state index contributed by atoms with van der Waals surface area (Å²) in [5.41, 5.74) is 5.57. The summed E-state index contributed by atoms with van der Waals surface area (Å²) in [6.07, 6.45) is 0.730. The van der Waals surface area contributed by atoms with E-state index in [1.165, 1.54) is 0 Å². The van der Waals surface area contributed by atoms with E-state index < -0.39 is 0 Å². The van der Waals surface area contributed by atoms with Gasteiger partial charge in [0, 0.05) is 17.6 Å². The Morgan fingerprint density at radius 2 is 2.22 bits per heavy atom. The number of carbonyl (C=O) groups excluding carboxylic acids is 1. The van der Waals surface area contributed by atoms with E-state index in [1.807, 2.05) is 6.92 Å². The third kappa shape index (κ3) is 5.58. The lowest BCUT2D eigenvalue weighted by Crippen LogP contribution is -2.32. The van der Waals surface area contributed by atoms with E-state index >= 15 is 0 Å². The van der Waals surface area contributed by atoms with Gasteiger partial charge in [0.15, 0.2) is 6.61 Å². The molecule has 0 aromatic heterocycles. The molecule has 1 atom stereocenters. The normalized spacial score (nSPS) is 12.0. The van der Waals surface area contributed by atoms with E-state index in [0.717, 1.165) is 6.42 Å². The second-order valence-electron chi connectivity index (χ2n) is 3.98. The molecule has 0 bridgehead atoms. The zero-order valence-electron chi connectivity index (χ0n) is 10.1. The summed E-state index contributed by atoms with van der Waals surface area (Å²) in [7, 11) is 0. The fraction of sp³-hybridized carbons (Fsp3) is 0.417. The van der Waals surface area contributed by atoms with Crippen molar-refractivity contribution in [3.8, 4) is 5.75 Å². The maximum Gasteiger partial charge on any atom is 0.257 e. The van der Waals surface area contributed by atoms with E-state index in [0.29, 0.717) is 22.3 Å². The molecule has 4 nitrogen and oxygen atoms in total. The first kappa shape index (κ1) is 15.1. The molecule has 0 saturated heterocycles. The first-order chi connectivity index (χ1) is 8.49. The summed E-state index contributed by atoms with van der Waals surface area (Å²) in [4.78, 5) is 11.4. The van der Waals surface area contributed by atoms with Gasteiger partial charge in [0.1, 0.15) is 5.75 Å². The van der Waals surface area contributed by atoms with Gasteiger partial charge < -0.3 is 15.8 Å². The van der Waals surface area contributed by atoms with Crippen LogP contribution in [-0.2, 0) is 4.79 Å². The van der Waals surface area contributed by atoms with Crippen LogP contribution in [0.25, 0.3) is 0 Å². The quantitative estimate of drug-likeness (QED) is 0.844. The van der Waals surface area contributed by atoms with Crippen molar-refractivity contribution in [2.24, 2.45) is 5.73 Å². The minimum atomic E-state index is -0.207. The molecule has 1 aromatic rings.